The van der Waals surface area contributed by atoms with Crippen LogP contribution in [-0.4, -0.2) is 5.97 Å². The highest BCUT2D eigenvalue weighted by Crippen LogP contribution is 2.16. The summed E-state index contributed by atoms with van der Waals surface area (Å²) in [6, 6.07) is 23.0. The van der Waals surface area contributed by atoms with Crippen molar-refractivity contribution in [2.45, 2.75) is 20.1 Å². The van der Waals surface area contributed by atoms with Crippen LogP contribution in [-0.2, 0) is 22.7 Å². The molecule has 142 valence electrons. The molecule has 0 heterocycles. The number of hydrogen-bond acceptors (Lipinski definition) is 3. The van der Waals surface area contributed by atoms with E-state index in [0.717, 1.165) is 22.4 Å². The highest BCUT2D eigenvalue weighted by molar-refractivity contribution is 6.30. The van der Waals surface area contributed by atoms with Gasteiger partial charge in [0.05, 0.1) is 0 Å². The van der Waals surface area contributed by atoms with E-state index in [1.165, 1.54) is 11.6 Å². The predicted octanol–water partition coefficient (Wildman–Crippen LogP) is 5.98. The molecule has 0 aliphatic carbocycles. The Morgan fingerprint density at radius 3 is 2.14 bits per heavy atom. The fourth-order valence-electron chi connectivity index (χ4n) is 2.47. The lowest BCUT2D eigenvalue weighted by Crippen LogP contribution is -2.00. The molecule has 0 aliphatic rings. The molecule has 0 fully saturated rings. The van der Waals surface area contributed by atoms with Crippen molar-refractivity contribution in [3.63, 3.8) is 0 Å². The van der Waals surface area contributed by atoms with Gasteiger partial charge in [-0.15, -0.1) is 0 Å². The second-order valence-electron chi connectivity index (χ2n) is 6.41. The zero-order valence-corrected chi connectivity index (χ0v) is 16.4. The molecule has 28 heavy (non-hydrogen) atoms. The maximum Gasteiger partial charge on any atom is 0.331 e. The summed E-state index contributed by atoms with van der Waals surface area (Å²) in [5.41, 5.74) is 4.08. The second kappa shape index (κ2) is 9.77. The Labute approximate surface area is 170 Å². The van der Waals surface area contributed by atoms with Gasteiger partial charge in [0, 0.05) is 11.1 Å². The van der Waals surface area contributed by atoms with Crippen molar-refractivity contribution in [2.75, 3.05) is 0 Å². The molecule has 0 aromatic heterocycles. The molecule has 0 radical (unpaired) electrons. The molecule has 0 unspecified atom stereocenters. The van der Waals surface area contributed by atoms with Crippen molar-refractivity contribution >= 4 is 23.6 Å². The third-order valence-corrected chi connectivity index (χ3v) is 4.36. The molecular formula is C24H21ClO3. The van der Waals surface area contributed by atoms with Crippen molar-refractivity contribution in [2.24, 2.45) is 0 Å². The fourth-order valence-corrected chi connectivity index (χ4v) is 2.60. The van der Waals surface area contributed by atoms with Crippen LogP contribution in [0.2, 0.25) is 5.02 Å². The first-order valence-corrected chi connectivity index (χ1v) is 9.34. The Balaban J connectivity index is 1.46. The van der Waals surface area contributed by atoms with Crippen LogP contribution in [0.1, 0.15) is 22.3 Å². The van der Waals surface area contributed by atoms with Crippen LogP contribution in [0.5, 0.6) is 5.75 Å². The van der Waals surface area contributed by atoms with E-state index < -0.39 is 0 Å². The largest absolute Gasteiger partial charge is 0.489 e. The zero-order chi connectivity index (χ0) is 19.8. The topological polar surface area (TPSA) is 35.5 Å². The highest BCUT2D eigenvalue weighted by Gasteiger charge is 2.00. The SMILES string of the molecule is Cc1ccc(COC(=O)C=Cc2ccc(OCc3ccc(Cl)cc3)cc2)cc1. The molecule has 0 saturated carbocycles. The molecule has 0 bridgehead atoms. The van der Waals surface area contributed by atoms with Gasteiger partial charge >= 0.3 is 5.97 Å². The summed E-state index contributed by atoms with van der Waals surface area (Å²) in [4.78, 5) is 11.9. The summed E-state index contributed by atoms with van der Waals surface area (Å²) < 4.78 is 11.0. The molecule has 4 heteroatoms. The molecule has 0 atom stereocenters. The minimum atomic E-state index is -0.372. The maximum absolute atomic E-state index is 11.9. The van der Waals surface area contributed by atoms with Crippen LogP contribution in [0, 0.1) is 6.92 Å². The van der Waals surface area contributed by atoms with Gasteiger partial charge < -0.3 is 9.47 Å². The van der Waals surface area contributed by atoms with Crippen LogP contribution >= 0.6 is 11.6 Å². The summed E-state index contributed by atoms with van der Waals surface area (Å²) in [7, 11) is 0. The van der Waals surface area contributed by atoms with E-state index in [2.05, 4.69) is 0 Å². The molecule has 0 aliphatic heterocycles. The van der Waals surface area contributed by atoms with E-state index in [9.17, 15) is 4.79 Å². The molecule has 3 aromatic carbocycles. The van der Waals surface area contributed by atoms with Gasteiger partial charge in [-0.1, -0.05) is 65.7 Å². The normalized spacial score (nSPS) is 10.8. The second-order valence-corrected chi connectivity index (χ2v) is 6.85. The van der Waals surface area contributed by atoms with E-state index in [1.807, 2.05) is 79.7 Å². The van der Waals surface area contributed by atoms with Crippen LogP contribution in [0.15, 0.2) is 78.9 Å². The van der Waals surface area contributed by atoms with Gasteiger partial charge in [-0.25, -0.2) is 4.79 Å². The summed E-state index contributed by atoms with van der Waals surface area (Å²) in [6.45, 7) is 2.76. The molecule has 0 amide bonds. The lowest BCUT2D eigenvalue weighted by molar-refractivity contribution is -0.138. The number of rotatable bonds is 7. The summed E-state index contributed by atoms with van der Waals surface area (Å²) in [6.07, 6.45) is 3.15. The van der Waals surface area contributed by atoms with Crippen LogP contribution in [0.3, 0.4) is 0 Å². The lowest BCUT2D eigenvalue weighted by Gasteiger charge is -2.06. The van der Waals surface area contributed by atoms with Gasteiger partial charge in [0.25, 0.3) is 0 Å². The first-order chi connectivity index (χ1) is 13.6. The number of carbonyl (C=O) groups excluding carboxylic acids is 1. The average molecular weight is 393 g/mol. The average Bonchev–Trinajstić information content (AvgIpc) is 2.72. The third kappa shape index (κ3) is 6.29. The maximum atomic E-state index is 11.9. The van der Waals surface area contributed by atoms with E-state index in [1.54, 1.807) is 6.08 Å². The molecular weight excluding hydrogens is 372 g/mol. The Morgan fingerprint density at radius 2 is 1.46 bits per heavy atom. The molecule has 0 N–H and O–H groups in total. The number of ether oxygens (including phenoxy) is 2. The van der Waals surface area contributed by atoms with Crippen LogP contribution in [0.4, 0.5) is 0 Å². The Bertz CT molecular complexity index is 927. The van der Waals surface area contributed by atoms with E-state index >= 15 is 0 Å². The number of carbonyl (C=O) groups is 1. The van der Waals surface area contributed by atoms with Gasteiger partial charge in [-0.05, 0) is 54.0 Å². The van der Waals surface area contributed by atoms with E-state index in [-0.39, 0.29) is 12.6 Å². The molecule has 3 aromatic rings. The van der Waals surface area contributed by atoms with Gasteiger partial charge in [-0.3, -0.25) is 0 Å². The van der Waals surface area contributed by atoms with E-state index in [0.29, 0.717) is 11.6 Å². The lowest BCUT2D eigenvalue weighted by atomic mass is 10.2. The summed E-state index contributed by atoms with van der Waals surface area (Å²) >= 11 is 5.87. The van der Waals surface area contributed by atoms with Crippen LogP contribution < -0.4 is 4.74 Å². The van der Waals surface area contributed by atoms with Crippen molar-refractivity contribution in [1.82, 2.24) is 0 Å². The third-order valence-electron chi connectivity index (χ3n) is 4.11. The van der Waals surface area contributed by atoms with Crippen molar-refractivity contribution in [3.05, 3.63) is 106 Å². The summed E-state index contributed by atoms with van der Waals surface area (Å²) in [5, 5.41) is 0.706. The number of benzene rings is 3. The fraction of sp³-hybridized carbons (Fsp3) is 0.125. The number of halogens is 1. The van der Waals surface area contributed by atoms with E-state index in [4.69, 9.17) is 21.1 Å². The van der Waals surface area contributed by atoms with Gasteiger partial charge in [-0.2, -0.15) is 0 Å². The molecule has 0 saturated heterocycles. The molecule has 0 spiro atoms. The Morgan fingerprint density at radius 1 is 0.857 bits per heavy atom. The smallest absolute Gasteiger partial charge is 0.331 e. The van der Waals surface area contributed by atoms with Gasteiger partial charge in [0.1, 0.15) is 19.0 Å². The van der Waals surface area contributed by atoms with Crippen molar-refractivity contribution < 1.29 is 14.3 Å². The first-order valence-electron chi connectivity index (χ1n) is 8.96. The number of aryl methyl sites for hydroxylation is 1. The minimum absolute atomic E-state index is 0.265. The minimum Gasteiger partial charge on any atom is -0.489 e. The van der Waals surface area contributed by atoms with Crippen molar-refractivity contribution in [1.29, 1.82) is 0 Å². The monoisotopic (exact) mass is 392 g/mol. The quantitative estimate of drug-likeness (QED) is 0.366. The Hall–Kier alpha value is -3.04. The first kappa shape index (κ1) is 19.7. The zero-order valence-electron chi connectivity index (χ0n) is 15.6. The van der Waals surface area contributed by atoms with Gasteiger partial charge in [0.15, 0.2) is 0 Å². The number of esters is 1. The van der Waals surface area contributed by atoms with Crippen molar-refractivity contribution in [3.8, 4) is 5.75 Å². The predicted molar refractivity (Wildman–Crippen MR) is 112 cm³/mol. The number of hydrogen-bond donors (Lipinski definition) is 0. The van der Waals surface area contributed by atoms with Gasteiger partial charge in [0.2, 0.25) is 0 Å². The standard InChI is InChI=1S/C24H21ClO3/c1-18-2-4-20(5-3-18)17-28-24(26)15-10-19-8-13-23(14-9-19)27-16-21-6-11-22(25)12-7-21/h2-15H,16-17H2,1H3. The summed E-state index contributed by atoms with van der Waals surface area (Å²) in [5.74, 6) is 0.387. The Kier molecular flexibility index (Phi) is 6.88. The highest BCUT2D eigenvalue weighted by atomic mass is 35.5. The molecule has 3 rings (SSSR count). The van der Waals surface area contributed by atoms with Crippen LogP contribution in [0.25, 0.3) is 6.08 Å². The molecule has 3 nitrogen and oxygen atoms in total.